The number of hydrogen-bond acceptors (Lipinski definition) is 3. The SMILES string of the molecule is CCOC1CC(C)(C)Cc2nc(C(C)C)c([C@@H](O)c3cc(F)c(S(C)(C)C)c(F)c3)c(C)c21. The molecule has 1 aromatic carbocycles. The van der Waals surface area contributed by atoms with Crippen LogP contribution in [0.3, 0.4) is 0 Å². The lowest BCUT2D eigenvalue weighted by Crippen LogP contribution is -2.30. The molecule has 0 saturated heterocycles. The fourth-order valence-corrected chi connectivity index (χ4v) is 6.42. The molecular weight excluding hydrogens is 440 g/mol. The molecule has 1 unspecified atom stereocenters. The fraction of sp³-hybridized carbons (Fsp3) is 0.593. The van der Waals surface area contributed by atoms with Gasteiger partial charge in [0.05, 0.1) is 11.0 Å². The second-order valence-electron chi connectivity index (χ2n) is 11.1. The first-order valence-electron chi connectivity index (χ1n) is 11.7. The molecular formula is C27H39F2NO2S. The van der Waals surface area contributed by atoms with Crippen molar-refractivity contribution in [2.24, 2.45) is 5.41 Å². The second-order valence-corrected chi connectivity index (χ2v) is 15.2. The highest BCUT2D eigenvalue weighted by atomic mass is 32.3. The van der Waals surface area contributed by atoms with E-state index < -0.39 is 27.8 Å². The molecule has 0 spiro atoms. The normalized spacial score (nSPS) is 19.5. The van der Waals surface area contributed by atoms with E-state index in [9.17, 15) is 13.9 Å². The average Bonchev–Trinajstić information content (AvgIpc) is 2.64. The maximum Gasteiger partial charge on any atom is 0.138 e. The zero-order chi connectivity index (χ0) is 24.9. The number of benzene rings is 1. The number of fused-ring (bicyclic) bond motifs is 1. The molecule has 0 radical (unpaired) electrons. The molecule has 2 aromatic rings. The molecule has 1 aromatic heterocycles. The van der Waals surface area contributed by atoms with Crippen LogP contribution in [0.25, 0.3) is 0 Å². The zero-order valence-corrected chi connectivity index (χ0v) is 22.3. The van der Waals surface area contributed by atoms with E-state index >= 15 is 0 Å². The first-order chi connectivity index (χ1) is 15.2. The van der Waals surface area contributed by atoms with Crippen molar-refractivity contribution in [3.63, 3.8) is 0 Å². The van der Waals surface area contributed by atoms with E-state index in [0.717, 1.165) is 35.4 Å². The molecule has 3 rings (SSSR count). The Bertz CT molecular complexity index is 1020. The number of aromatic nitrogens is 1. The van der Waals surface area contributed by atoms with Crippen molar-refractivity contribution in [1.82, 2.24) is 4.98 Å². The third kappa shape index (κ3) is 5.13. The van der Waals surface area contributed by atoms with Crippen LogP contribution in [0.4, 0.5) is 8.78 Å². The van der Waals surface area contributed by atoms with Gasteiger partial charge in [-0.2, -0.15) is 0 Å². The number of halogens is 2. The highest BCUT2D eigenvalue weighted by molar-refractivity contribution is 8.32. The maximum atomic E-state index is 15.0. The first kappa shape index (κ1) is 26.1. The molecule has 0 fully saturated rings. The maximum absolute atomic E-state index is 15.0. The molecule has 184 valence electrons. The first-order valence-corrected chi connectivity index (χ1v) is 14.5. The van der Waals surface area contributed by atoms with Crippen LogP contribution in [-0.2, 0) is 11.2 Å². The van der Waals surface area contributed by atoms with Crippen LogP contribution in [0, 0.1) is 24.0 Å². The molecule has 1 heterocycles. The topological polar surface area (TPSA) is 42.4 Å². The summed E-state index contributed by atoms with van der Waals surface area (Å²) in [5.41, 5.74) is 4.63. The van der Waals surface area contributed by atoms with Crippen LogP contribution >= 0.6 is 10.0 Å². The van der Waals surface area contributed by atoms with E-state index in [1.165, 1.54) is 12.1 Å². The van der Waals surface area contributed by atoms with Crippen molar-refractivity contribution in [3.8, 4) is 0 Å². The second kappa shape index (κ2) is 9.27. The summed E-state index contributed by atoms with van der Waals surface area (Å²) in [5, 5.41) is 11.5. The Morgan fingerprint density at radius 1 is 1.18 bits per heavy atom. The van der Waals surface area contributed by atoms with Crippen LogP contribution in [-0.4, -0.2) is 35.5 Å². The average molecular weight is 480 g/mol. The lowest BCUT2D eigenvalue weighted by atomic mass is 9.72. The summed E-state index contributed by atoms with van der Waals surface area (Å²) in [7, 11) is -1.60. The minimum atomic E-state index is -1.60. The molecule has 1 aliphatic carbocycles. The summed E-state index contributed by atoms with van der Waals surface area (Å²) in [6.07, 6.45) is 5.96. The van der Waals surface area contributed by atoms with Crippen molar-refractivity contribution >= 4 is 10.0 Å². The van der Waals surface area contributed by atoms with Gasteiger partial charge in [0.15, 0.2) is 0 Å². The summed E-state index contributed by atoms with van der Waals surface area (Å²) in [4.78, 5) is 5.14. The Balaban J connectivity index is 2.22. The number of hydrogen-bond donors (Lipinski definition) is 1. The predicted octanol–water partition coefficient (Wildman–Crippen LogP) is 6.98. The molecule has 33 heavy (non-hydrogen) atoms. The van der Waals surface area contributed by atoms with Crippen LogP contribution in [0.1, 0.15) is 92.8 Å². The molecule has 1 N–H and O–H groups in total. The molecule has 3 nitrogen and oxygen atoms in total. The lowest BCUT2D eigenvalue weighted by Gasteiger charge is -2.38. The fourth-order valence-electron chi connectivity index (χ4n) is 5.13. The van der Waals surface area contributed by atoms with Crippen LogP contribution < -0.4 is 0 Å². The summed E-state index contributed by atoms with van der Waals surface area (Å²) in [6.45, 7) is 13.1. The number of nitrogens with zero attached hydrogens (tertiary/aromatic N) is 1. The Morgan fingerprint density at radius 3 is 2.24 bits per heavy atom. The van der Waals surface area contributed by atoms with Crippen molar-refractivity contribution in [2.45, 2.75) is 77.4 Å². The third-order valence-electron chi connectivity index (χ3n) is 6.49. The van der Waals surface area contributed by atoms with Crippen LogP contribution in [0.15, 0.2) is 17.0 Å². The Morgan fingerprint density at radius 2 is 1.76 bits per heavy atom. The van der Waals surface area contributed by atoms with Gasteiger partial charge in [-0.15, -0.1) is 0 Å². The van der Waals surface area contributed by atoms with Crippen LogP contribution in [0.5, 0.6) is 0 Å². The van der Waals surface area contributed by atoms with Crippen LogP contribution in [0.2, 0.25) is 0 Å². The quantitative estimate of drug-likeness (QED) is 0.486. The molecule has 2 atom stereocenters. The predicted molar refractivity (Wildman–Crippen MR) is 134 cm³/mol. The zero-order valence-electron chi connectivity index (χ0n) is 21.5. The minimum absolute atomic E-state index is 0.0437. The number of pyridine rings is 1. The van der Waals surface area contributed by atoms with Gasteiger partial charge in [-0.3, -0.25) is 4.98 Å². The van der Waals surface area contributed by atoms with Gasteiger partial charge in [-0.1, -0.05) is 27.7 Å². The molecule has 0 aliphatic heterocycles. The molecule has 0 saturated carbocycles. The van der Waals surface area contributed by atoms with Crippen molar-refractivity contribution < 1.29 is 18.6 Å². The molecule has 0 amide bonds. The van der Waals surface area contributed by atoms with Gasteiger partial charge in [0.25, 0.3) is 0 Å². The van der Waals surface area contributed by atoms with Gasteiger partial charge in [-0.05, 0) is 80.0 Å². The number of aliphatic hydroxyl groups excluding tert-OH is 1. The summed E-state index contributed by atoms with van der Waals surface area (Å²) in [5.74, 6) is -1.16. The molecule has 1 aliphatic rings. The highest BCUT2D eigenvalue weighted by Gasteiger charge is 2.37. The van der Waals surface area contributed by atoms with Gasteiger partial charge < -0.3 is 9.84 Å². The summed E-state index contributed by atoms with van der Waals surface area (Å²) >= 11 is 0. The Kier molecular flexibility index (Phi) is 7.34. The van der Waals surface area contributed by atoms with Crippen molar-refractivity contribution in [2.75, 3.05) is 25.4 Å². The van der Waals surface area contributed by atoms with Crippen molar-refractivity contribution in [1.29, 1.82) is 0 Å². The number of aliphatic hydroxyl groups is 1. The summed E-state index contributed by atoms with van der Waals surface area (Å²) in [6, 6.07) is 2.57. The van der Waals surface area contributed by atoms with E-state index in [-0.39, 0.29) is 27.9 Å². The Hall–Kier alpha value is -1.50. The van der Waals surface area contributed by atoms with Crippen molar-refractivity contribution in [3.05, 3.63) is 57.4 Å². The van der Waals surface area contributed by atoms with E-state index in [1.54, 1.807) is 0 Å². The van der Waals surface area contributed by atoms with E-state index in [0.29, 0.717) is 12.2 Å². The van der Waals surface area contributed by atoms with E-state index in [2.05, 4.69) is 13.8 Å². The van der Waals surface area contributed by atoms with E-state index in [1.807, 2.05) is 46.5 Å². The molecule has 0 bridgehead atoms. The van der Waals surface area contributed by atoms with E-state index in [4.69, 9.17) is 9.72 Å². The summed E-state index contributed by atoms with van der Waals surface area (Å²) < 4.78 is 36.1. The number of ether oxygens (including phenoxy) is 1. The minimum Gasteiger partial charge on any atom is -0.384 e. The standard InChI is InChI=1S/C27H39F2NO2S/c1-10-32-21-14-27(5,6)13-20-22(21)16(4)23(24(30-20)15(2)3)25(31)17-11-18(28)26(19(29)12-17)33(7,8)9/h11-12,15,21,25,31H,10,13-14H2,1-9H3/t21?,25-/m0/s1. The molecule has 6 heteroatoms. The number of rotatable bonds is 6. The smallest absolute Gasteiger partial charge is 0.138 e. The Labute approximate surface area is 199 Å². The van der Waals surface area contributed by atoms with Gasteiger partial charge >= 0.3 is 0 Å². The highest BCUT2D eigenvalue weighted by Crippen LogP contribution is 2.49. The lowest BCUT2D eigenvalue weighted by molar-refractivity contribution is 0.0184. The monoisotopic (exact) mass is 479 g/mol. The third-order valence-corrected chi connectivity index (χ3v) is 8.11. The van der Waals surface area contributed by atoms with Gasteiger partial charge in [0.2, 0.25) is 0 Å². The van der Waals surface area contributed by atoms with Gasteiger partial charge in [0.1, 0.15) is 17.7 Å². The van der Waals surface area contributed by atoms with Gasteiger partial charge in [0, 0.05) is 29.1 Å². The largest absolute Gasteiger partial charge is 0.384 e. The van der Waals surface area contributed by atoms with Gasteiger partial charge in [-0.25, -0.2) is 18.8 Å².